The number of carbonyl (C=O) groups is 1. The van der Waals surface area contributed by atoms with Gasteiger partial charge in [0.05, 0.1) is 11.0 Å². The Morgan fingerprint density at radius 3 is 2.81 bits per heavy atom. The number of phenols is 1. The highest BCUT2D eigenvalue weighted by molar-refractivity contribution is 6.06. The third-order valence-corrected chi connectivity index (χ3v) is 7.95. The number of aliphatic hydroxyl groups is 1. The van der Waals surface area contributed by atoms with Gasteiger partial charge in [-0.05, 0) is 43.0 Å². The minimum Gasteiger partial charge on any atom is -0.504 e. The van der Waals surface area contributed by atoms with Crippen molar-refractivity contribution in [2.75, 3.05) is 13.1 Å². The molecule has 2 heterocycles. The summed E-state index contributed by atoms with van der Waals surface area (Å²) in [4.78, 5) is 16.1. The standard InChI is InChI=1S/C27H27NO4/c1-16(2)15-28-11-10-26-22-18-8-9-20(29)24(22)32-25(26)23(30)19(12-17-6-4-3-5-7-17)14-27(26,31)21(28)13-18/h3-9,12,21,25,29,31H,1,10-11,13-15H2,2H3/b19-12+/t21?,25-,26?,27+/m0/s1. The lowest BCUT2D eigenvalue weighted by Gasteiger charge is -2.62. The molecule has 0 amide bonds. The van der Waals surface area contributed by atoms with E-state index in [2.05, 4.69) is 11.5 Å². The van der Waals surface area contributed by atoms with Crippen LogP contribution in [0, 0.1) is 0 Å². The van der Waals surface area contributed by atoms with Crippen LogP contribution in [0.5, 0.6) is 11.5 Å². The van der Waals surface area contributed by atoms with Crippen molar-refractivity contribution in [2.45, 2.75) is 49.3 Å². The normalized spacial score (nSPS) is 33.7. The van der Waals surface area contributed by atoms with Gasteiger partial charge in [0.15, 0.2) is 23.4 Å². The van der Waals surface area contributed by atoms with E-state index in [1.54, 1.807) is 6.07 Å². The highest BCUT2D eigenvalue weighted by Gasteiger charge is 2.74. The zero-order chi connectivity index (χ0) is 22.3. The maximum Gasteiger partial charge on any atom is 0.200 e. The average molecular weight is 430 g/mol. The summed E-state index contributed by atoms with van der Waals surface area (Å²) >= 11 is 0. The molecular weight excluding hydrogens is 402 g/mol. The average Bonchev–Trinajstić information content (AvgIpc) is 3.11. The largest absolute Gasteiger partial charge is 0.504 e. The lowest BCUT2D eigenvalue weighted by atomic mass is 9.48. The molecule has 2 aliphatic carbocycles. The first-order chi connectivity index (χ1) is 15.3. The molecule has 2 aromatic rings. The van der Waals surface area contributed by atoms with E-state index in [0.717, 1.165) is 28.8 Å². The highest BCUT2D eigenvalue weighted by atomic mass is 16.5. The topological polar surface area (TPSA) is 70.0 Å². The van der Waals surface area contributed by atoms with E-state index in [1.807, 2.05) is 49.4 Å². The first-order valence-electron chi connectivity index (χ1n) is 11.3. The Balaban J connectivity index is 1.56. The number of ether oxygens (including phenoxy) is 1. The molecule has 4 atom stereocenters. The van der Waals surface area contributed by atoms with Crippen LogP contribution >= 0.6 is 0 Å². The number of likely N-dealkylation sites (tertiary alicyclic amines) is 1. The summed E-state index contributed by atoms with van der Waals surface area (Å²) in [7, 11) is 0. The highest BCUT2D eigenvalue weighted by Crippen LogP contribution is 2.65. The van der Waals surface area contributed by atoms with Crippen LogP contribution < -0.4 is 4.74 Å². The van der Waals surface area contributed by atoms with Crippen molar-refractivity contribution in [3.05, 3.63) is 76.9 Å². The number of ketones is 1. The van der Waals surface area contributed by atoms with Gasteiger partial charge >= 0.3 is 0 Å². The van der Waals surface area contributed by atoms with Crippen molar-refractivity contribution in [2.24, 2.45) is 0 Å². The molecule has 4 aliphatic rings. The molecule has 32 heavy (non-hydrogen) atoms. The van der Waals surface area contributed by atoms with E-state index in [0.29, 0.717) is 30.7 Å². The summed E-state index contributed by atoms with van der Waals surface area (Å²) in [5.41, 5.74) is 2.45. The van der Waals surface area contributed by atoms with Crippen LogP contribution in [0.3, 0.4) is 0 Å². The van der Waals surface area contributed by atoms with Crippen molar-refractivity contribution in [3.63, 3.8) is 0 Å². The molecule has 2 fully saturated rings. The Kier molecular flexibility index (Phi) is 4.05. The van der Waals surface area contributed by atoms with Crippen molar-refractivity contribution < 1.29 is 19.7 Å². The molecule has 5 nitrogen and oxygen atoms in total. The number of hydrogen-bond donors (Lipinski definition) is 2. The van der Waals surface area contributed by atoms with Crippen LogP contribution in [-0.2, 0) is 16.6 Å². The fraction of sp³-hybridized carbons (Fsp3) is 0.370. The lowest BCUT2D eigenvalue weighted by molar-refractivity contribution is -0.178. The lowest BCUT2D eigenvalue weighted by Crippen LogP contribution is -2.77. The Hall–Kier alpha value is -2.89. The van der Waals surface area contributed by atoms with E-state index in [1.165, 1.54) is 0 Å². The Bertz CT molecular complexity index is 1190. The smallest absolute Gasteiger partial charge is 0.200 e. The molecule has 0 radical (unpaired) electrons. The molecule has 1 saturated heterocycles. The molecule has 1 saturated carbocycles. The van der Waals surface area contributed by atoms with Crippen LogP contribution in [0.4, 0.5) is 0 Å². The summed E-state index contributed by atoms with van der Waals surface area (Å²) < 4.78 is 6.23. The molecule has 1 spiro atoms. The SMILES string of the molecule is C=C(C)CN1CCC23c4c5ccc(O)c4O[C@H]2C(=O)/C(=C/c2ccccc2)C[C@@]3(O)C1C5. The van der Waals surface area contributed by atoms with Gasteiger partial charge in [-0.25, -0.2) is 0 Å². The zero-order valence-electron chi connectivity index (χ0n) is 18.2. The van der Waals surface area contributed by atoms with Gasteiger partial charge in [0.1, 0.15) is 0 Å². The summed E-state index contributed by atoms with van der Waals surface area (Å²) in [6.07, 6.45) is 2.58. The first-order valence-corrected chi connectivity index (χ1v) is 11.3. The van der Waals surface area contributed by atoms with Crippen molar-refractivity contribution in [1.82, 2.24) is 4.90 Å². The monoisotopic (exact) mass is 429 g/mol. The maximum atomic E-state index is 13.8. The number of nitrogens with zero attached hydrogens (tertiary/aromatic N) is 1. The number of hydrogen-bond acceptors (Lipinski definition) is 5. The van der Waals surface area contributed by atoms with Gasteiger partial charge in [-0.2, -0.15) is 0 Å². The second kappa shape index (κ2) is 6.56. The van der Waals surface area contributed by atoms with Gasteiger partial charge in [0.2, 0.25) is 0 Å². The minimum atomic E-state index is -1.17. The molecule has 6 rings (SSSR count). The summed E-state index contributed by atoms with van der Waals surface area (Å²) in [6.45, 7) is 7.56. The Morgan fingerprint density at radius 1 is 1.28 bits per heavy atom. The molecular formula is C27H27NO4. The van der Waals surface area contributed by atoms with Crippen LogP contribution in [0.2, 0.25) is 0 Å². The zero-order valence-corrected chi connectivity index (χ0v) is 18.2. The van der Waals surface area contributed by atoms with E-state index in [-0.39, 0.29) is 24.0 Å². The van der Waals surface area contributed by atoms with Crippen LogP contribution in [0.15, 0.2) is 60.2 Å². The van der Waals surface area contributed by atoms with Gasteiger partial charge in [-0.1, -0.05) is 48.6 Å². The summed E-state index contributed by atoms with van der Waals surface area (Å²) in [5.74, 6) is 0.334. The van der Waals surface area contributed by atoms with E-state index in [4.69, 9.17) is 4.74 Å². The number of rotatable bonds is 3. The van der Waals surface area contributed by atoms with Crippen LogP contribution in [0.1, 0.15) is 36.5 Å². The molecule has 2 aromatic carbocycles. The van der Waals surface area contributed by atoms with Gasteiger partial charge < -0.3 is 14.9 Å². The van der Waals surface area contributed by atoms with Gasteiger partial charge in [-0.3, -0.25) is 9.69 Å². The van der Waals surface area contributed by atoms with E-state index >= 15 is 0 Å². The van der Waals surface area contributed by atoms with Crippen LogP contribution in [-0.4, -0.2) is 51.7 Å². The van der Waals surface area contributed by atoms with Crippen molar-refractivity contribution in [1.29, 1.82) is 0 Å². The maximum absolute atomic E-state index is 13.8. The number of phenolic OH excluding ortho intramolecular Hbond substituents is 1. The van der Waals surface area contributed by atoms with Crippen molar-refractivity contribution >= 4 is 11.9 Å². The predicted octanol–water partition coefficient (Wildman–Crippen LogP) is 3.39. The number of benzene rings is 2. The molecule has 2 aliphatic heterocycles. The van der Waals surface area contributed by atoms with Gasteiger partial charge in [0, 0.05) is 36.7 Å². The number of aromatic hydroxyl groups is 1. The summed E-state index contributed by atoms with van der Waals surface area (Å²) in [5, 5.41) is 23.1. The molecule has 2 unspecified atom stereocenters. The molecule has 2 bridgehead atoms. The van der Waals surface area contributed by atoms with E-state index < -0.39 is 17.1 Å². The predicted molar refractivity (Wildman–Crippen MR) is 122 cm³/mol. The van der Waals surface area contributed by atoms with Gasteiger partial charge in [-0.15, -0.1) is 0 Å². The second-order valence-corrected chi connectivity index (χ2v) is 9.86. The number of Topliss-reactive ketones (excluding diaryl/α,β-unsaturated/α-hetero) is 1. The second-order valence-electron chi connectivity index (χ2n) is 9.86. The van der Waals surface area contributed by atoms with E-state index in [9.17, 15) is 15.0 Å². The molecule has 2 N–H and O–H groups in total. The molecule has 5 heteroatoms. The van der Waals surface area contributed by atoms with Crippen LogP contribution in [0.25, 0.3) is 6.08 Å². The van der Waals surface area contributed by atoms with Gasteiger partial charge in [0.25, 0.3) is 0 Å². The fourth-order valence-electron chi connectivity index (χ4n) is 6.75. The third kappa shape index (κ3) is 2.38. The fourth-order valence-corrected chi connectivity index (χ4v) is 6.75. The Labute approximate surface area is 187 Å². The first kappa shape index (κ1) is 19.8. The number of carbonyl (C=O) groups excluding carboxylic acids is 1. The quantitative estimate of drug-likeness (QED) is 0.578. The number of piperidine rings is 1. The molecule has 164 valence electrons. The minimum absolute atomic E-state index is 0.0408. The summed E-state index contributed by atoms with van der Waals surface area (Å²) in [6, 6.07) is 13.1. The van der Waals surface area contributed by atoms with Crippen molar-refractivity contribution in [3.8, 4) is 11.5 Å². The third-order valence-electron chi connectivity index (χ3n) is 7.95. The molecule has 0 aromatic heterocycles. The Morgan fingerprint density at radius 2 is 2.06 bits per heavy atom.